The number of rotatable bonds is 12. The Morgan fingerprint density at radius 2 is 1.11 bits per heavy atom. The van der Waals surface area contributed by atoms with Crippen LogP contribution in [-0.4, -0.2) is 10.5 Å². The molecule has 2 heterocycles. The molecule has 0 saturated carbocycles. The molecule has 0 unspecified atom stereocenters. The topological polar surface area (TPSA) is 112 Å². The SMILES string of the molecule is CCCCCC[n+]1noc(N)c1Cc1c(N)on[n+]1CCCCCC.[Cl-].[Cl-]. The molecule has 2 aromatic rings. The molecule has 0 radical (unpaired) electrons. The van der Waals surface area contributed by atoms with Crippen molar-refractivity contribution in [2.75, 3.05) is 11.5 Å². The van der Waals surface area contributed by atoms with Crippen molar-refractivity contribution in [1.29, 1.82) is 0 Å². The van der Waals surface area contributed by atoms with Crippen LogP contribution in [0, 0.1) is 0 Å². The highest BCUT2D eigenvalue weighted by Gasteiger charge is 2.31. The number of hydrogen-bond donors (Lipinski definition) is 2. The largest absolute Gasteiger partial charge is 1.00 e. The molecule has 0 bridgehead atoms. The van der Waals surface area contributed by atoms with E-state index in [9.17, 15) is 0 Å². The highest BCUT2D eigenvalue weighted by Crippen LogP contribution is 2.15. The lowest BCUT2D eigenvalue weighted by Crippen LogP contribution is -3.00. The van der Waals surface area contributed by atoms with E-state index in [1.54, 1.807) is 0 Å². The van der Waals surface area contributed by atoms with E-state index in [-0.39, 0.29) is 24.8 Å². The van der Waals surface area contributed by atoms with Crippen molar-refractivity contribution in [3.8, 4) is 0 Å². The maximum atomic E-state index is 5.98. The first-order valence-corrected chi connectivity index (χ1v) is 9.45. The van der Waals surface area contributed by atoms with E-state index in [1.807, 2.05) is 9.36 Å². The van der Waals surface area contributed by atoms with E-state index < -0.39 is 0 Å². The van der Waals surface area contributed by atoms with Gasteiger partial charge in [0.2, 0.25) is 10.5 Å². The number of aromatic nitrogens is 4. The van der Waals surface area contributed by atoms with Crippen LogP contribution >= 0.6 is 0 Å². The van der Waals surface area contributed by atoms with Crippen LogP contribution in [0.4, 0.5) is 11.8 Å². The van der Waals surface area contributed by atoms with E-state index in [4.69, 9.17) is 20.5 Å². The van der Waals surface area contributed by atoms with Gasteiger partial charge in [-0.3, -0.25) is 9.05 Å². The molecule has 2 aromatic heterocycles. The third kappa shape index (κ3) is 7.54. The van der Waals surface area contributed by atoms with Gasteiger partial charge in [-0.2, -0.15) is 0 Å². The maximum absolute atomic E-state index is 5.98. The maximum Gasteiger partial charge on any atom is 0.297 e. The third-order valence-electron chi connectivity index (χ3n) is 4.45. The lowest BCUT2D eigenvalue weighted by Gasteiger charge is -1.96. The van der Waals surface area contributed by atoms with Crippen LogP contribution < -0.4 is 45.6 Å². The predicted octanol–water partition coefficient (Wildman–Crippen LogP) is -3.84. The second-order valence-corrected chi connectivity index (χ2v) is 6.51. The second-order valence-electron chi connectivity index (χ2n) is 6.51. The van der Waals surface area contributed by atoms with Crippen molar-refractivity contribution in [3.05, 3.63) is 11.4 Å². The zero-order valence-corrected chi connectivity index (χ0v) is 17.8. The Balaban J connectivity index is 0.00000338. The summed E-state index contributed by atoms with van der Waals surface area (Å²) in [5.41, 5.74) is 13.6. The molecule has 8 nitrogen and oxygen atoms in total. The molecule has 10 heteroatoms. The van der Waals surface area contributed by atoms with Crippen LogP contribution in [0.3, 0.4) is 0 Å². The van der Waals surface area contributed by atoms with Crippen LogP contribution in [0.25, 0.3) is 0 Å². The molecule has 0 amide bonds. The van der Waals surface area contributed by atoms with Gasteiger partial charge in [-0.25, -0.2) is 0 Å². The lowest BCUT2D eigenvalue weighted by molar-refractivity contribution is -0.778. The molecule has 2 rings (SSSR count). The Morgan fingerprint density at radius 3 is 1.48 bits per heavy atom. The number of aryl methyl sites for hydroxylation is 2. The van der Waals surface area contributed by atoms with Crippen molar-refractivity contribution in [2.24, 2.45) is 0 Å². The first-order valence-electron chi connectivity index (χ1n) is 9.45. The van der Waals surface area contributed by atoms with E-state index in [2.05, 4.69) is 24.4 Å². The monoisotopic (exact) mass is 422 g/mol. The molecule has 156 valence electrons. The number of nitrogens with zero attached hydrogens (tertiary/aromatic N) is 4. The molecule has 0 spiro atoms. The summed E-state index contributed by atoms with van der Waals surface area (Å²) in [5, 5.41) is 8.11. The second kappa shape index (κ2) is 13.6. The summed E-state index contributed by atoms with van der Waals surface area (Å²) >= 11 is 0. The Labute approximate surface area is 173 Å². The molecular formula is C17H32Cl2N6O2. The van der Waals surface area contributed by atoms with Crippen LogP contribution in [0.1, 0.15) is 76.6 Å². The summed E-state index contributed by atoms with van der Waals surface area (Å²) in [6.07, 6.45) is 9.79. The van der Waals surface area contributed by atoms with Gasteiger partial charge in [0.15, 0.2) is 13.1 Å². The average Bonchev–Trinajstić information content (AvgIpc) is 3.13. The molecule has 0 aromatic carbocycles. The van der Waals surface area contributed by atoms with Gasteiger partial charge in [-0.15, -0.1) is 0 Å². The Hall–Kier alpha value is -1.54. The van der Waals surface area contributed by atoms with Crippen LogP contribution in [0.2, 0.25) is 0 Å². The minimum absolute atomic E-state index is 0. The number of halogens is 2. The van der Waals surface area contributed by atoms with Gasteiger partial charge in [0, 0.05) is 12.8 Å². The van der Waals surface area contributed by atoms with Crippen molar-refractivity contribution in [2.45, 2.75) is 84.7 Å². The number of nitrogen functional groups attached to an aromatic ring is 2. The minimum atomic E-state index is 0. The highest BCUT2D eigenvalue weighted by atomic mass is 35.5. The standard InChI is InChI=1S/C17H32N6O2.2ClH/c1-3-5-7-9-11-22-14(16(18)24-20-22)13-15-17(19)25-21-23(15)12-10-8-6-4-2;;/h3-13,18-19H2,1-2H3;2*1H/q+2;;/p-2. The van der Waals surface area contributed by atoms with Crippen molar-refractivity contribution >= 4 is 11.8 Å². The van der Waals surface area contributed by atoms with Gasteiger partial charge in [-0.05, 0) is 22.2 Å². The molecule has 4 N–H and O–H groups in total. The number of hydrogen-bond acceptors (Lipinski definition) is 6. The Morgan fingerprint density at radius 1 is 0.704 bits per heavy atom. The fraction of sp³-hybridized carbons (Fsp3) is 0.765. The van der Waals surface area contributed by atoms with Crippen molar-refractivity contribution in [3.63, 3.8) is 0 Å². The highest BCUT2D eigenvalue weighted by molar-refractivity contribution is 5.34. The average molecular weight is 423 g/mol. The van der Waals surface area contributed by atoms with E-state index in [0.717, 1.165) is 37.3 Å². The molecule has 0 aliphatic carbocycles. The summed E-state index contributed by atoms with van der Waals surface area (Å²) in [5.74, 6) is 0.655. The summed E-state index contributed by atoms with van der Waals surface area (Å²) in [6.45, 7) is 5.97. The minimum Gasteiger partial charge on any atom is -1.00 e. The lowest BCUT2D eigenvalue weighted by atomic mass is 10.2. The van der Waals surface area contributed by atoms with Crippen molar-refractivity contribution < 1.29 is 43.2 Å². The van der Waals surface area contributed by atoms with Gasteiger partial charge in [0.1, 0.15) is 6.42 Å². The van der Waals surface area contributed by atoms with Gasteiger partial charge in [0.05, 0.1) is 0 Å². The Bertz CT molecular complexity index is 593. The first kappa shape index (κ1) is 25.5. The molecule has 27 heavy (non-hydrogen) atoms. The molecule has 0 aliphatic rings. The summed E-state index contributed by atoms with van der Waals surface area (Å²) in [4.78, 5) is 0. The van der Waals surface area contributed by atoms with Gasteiger partial charge in [0.25, 0.3) is 23.2 Å². The van der Waals surface area contributed by atoms with Gasteiger partial charge < -0.3 is 36.3 Å². The van der Waals surface area contributed by atoms with E-state index >= 15 is 0 Å². The molecule has 0 fully saturated rings. The molecule has 0 atom stereocenters. The number of unbranched alkanes of at least 4 members (excludes halogenated alkanes) is 6. The summed E-state index contributed by atoms with van der Waals surface area (Å²) in [7, 11) is 0. The van der Waals surface area contributed by atoms with E-state index in [1.165, 1.54) is 38.5 Å². The summed E-state index contributed by atoms with van der Waals surface area (Å²) < 4.78 is 14.0. The number of nitrogens with two attached hydrogens (primary N) is 2. The summed E-state index contributed by atoms with van der Waals surface area (Å²) in [6, 6.07) is 0. The molecule has 0 aliphatic heterocycles. The number of anilines is 2. The quantitative estimate of drug-likeness (QED) is 0.267. The van der Waals surface area contributed by atoms with Crippen LogP contribution in [-0.2, 0) is 19.5 Å². The zero-order valence-electron chi connectivity index (χ0n) is 16.3. The fourth-order valence-electron chi connectivity index (χ4n) is 2.89. The van der Waals surface area contributed by atoms with Crippen molar-refractivity contribution in [1.82, 2.24) is 10.5 Å². The molecular weight excluding hydrogens is 391 g/mol. The predicted molar refractivity (Wildman–Crippen MR) is 93.3 cm³/mol. The third-order valence-corrected chi connectivity index (χ3v) is 4.45. The first-order chi connectivity index (χ1) is 12.2. The molecule has 0 saturated heterocycles. The Kier molecular flexibility index (Phi) is 12.8. The van der Waals surface area contributed by atoms with Gasteiger partial charge >= 0.3 is 0 Å². The van der Waals surface area contributed by atoms with E-state index in [0.29, 0.717) is 18.2 Å². The van der Waals surface area contributed by atoms with Crippen LogP contribution in [0.5, 0.6) is 0 Å². The fourth-order valence-corrected chi connectivity index (χ4v) is 2.89. The van der Waals surface area contributed by atoms with Crippen LogP contribution in [0.15, 0.2) is 9.05 Å². The zero-order chi connectivity index (χ0) is 18.1. The smallest absolute Gasteiger partial charge is 0.297 e. The van der Waals surface area contributed by atoms with Gasteiger partial charge in [-0.1, -0.05) is 39.5 Å². The normalized spacial score (nSPS) is 10.4.